The van der Waals surface area contributed by atoms with Gasteiger partial charge in [0.2, 0.25) is 0 Å². The van der Waals surface area contributed by atoms with Crippen molar-refractivity contribution in [1.82, 2.24) is 29.4 Å². The van der Waals surface area contributed by atoms with Crippen LogP contribution < -0.4 is 15.4 Å². The molecule has 0 saturated heterocycles. The van der Waals surface area contributed by atoms with E-state index in [9.17, 15) is 14.7 Å². The predicted molar refractivity (Wildman–Crippen MR) is 186 cm³/mol. The van der Waals surface area contributed by atoms with Crippen LogP contribution in [-0.2, 0) is 12.0 Å². The molecule has 3 aromatic carbocycles. The van der Waals surface area contributed by atoms with Gasteiger partial charge in [-0.05, 0) is 30.3 Å². The number of benzene rings is 3. The van der Waals surface area contributed by atoms with Gasteiger partial charge in [-0.15, -0.1) is 0 Å². The lowest BCUT2D eigenvalue weighted by molar-refractivity contribution is 0.0762. The molecule has 0 unspecified atom stereocenters. The van der Waals surface area contributed by atoms with Crippen molar-refractivity contribution in [3.63, 3.8) is 0 Å². The zero-order valence-electron chi connectivity index (χ0n) is 26.7. The van der Waals surface area contributed by atoms with E-state index in [1.807, 2.05) is 67.6 Å². The highest BCUT2D eigenvalue weighted by Crippen LogP contribution is 2.35. The summed E-state index contributed by atoms with van der Waals surface area (Å²) in [7, 11) is 1.63. The number of aromatic nitrogens is 4. The zero-order valence-corrected chi connectivity index (χ0v) is 28.3. The van der Waals surface area contributed by atoms with E-state index in [1.165, 1.54) is 20.9 Å². The number of rotatable bonds is 9. The predicted octanol–water partition coefficient (Wildman–Crippen LogP) is 6.57. The van der Waals surface area contributed by atoms with Gasteiger partial charge in [-0.25, -0.2) is 14.5 Å². The number of aliphatic hydroxyl groups excluding tert-OH is 1. The third kappa shape index (κ3) is 6.65. The van der Waals surface area contributed by atoms with Crippen molar-refractivity contribution in [2.24, 2.45) is 0 Å². The van der Waals surface area contributed by atoms with Gasteiger partial charge >= 0.3 is 6.03 Å². The number of amides is 3. The molecule has 0 fully saturated rings. The Balaban J connectivity index is 1.17. The minimum atomic E-state index is -0.475. The Hall–Kier alpha value is -5.11. The molecule has 0 radical (unpaired) electrons. The molecule has 0 atom stereocenters. The maximum Gasteiger partial charge on any atom is 0.320 e. The van der Waals surface area contributed by atoms with Gasteiger partial charge in [-0.3, -0.25) is 14.5 Å². The lowest BCUT2D eigenvalue weighted by Gasteiger charge is -2.14. The molecule has 6 aromatic rings. The first-order valence-electron chi connectivity index (χ1n) is 15.1. The fourth-order valence-corrected chi connectivity index (χ4v) is 6.21. The fourth-order valence-electron chi connectivity index (χ4n) is 5.00. The summed E-state index contributed by atoms with van der Waals surface area (Å²) in [6, 6.07) is 19.3. The van der Waals surface area contributed by atoms with E-state index in [0.29, 0.717) is 39.4 Å². The number of phenolic OH excluding ortho intramolecular Hbond substituents is 1. The van der Waals surface area contributed by atoms with E-state index in [2.05, 4.69) is 20.7 Å². The molecule has 3 aromatic heterocycles. The van der Waals surface area contributed by atoms with E-state index in [4.69, 9.17) is 21.4 Å². The molecule has 12 nitrogen and oxygen atoms in total. The Morgan fingerprint density at radius 3 is 2.65 bits per heavy atom. The number of thiazole rings is 1. The van der Waals surface area contributed by atoms with Crippen molar-refractivity contribution in [2.45, 2.75) is 32.7 Å². The van der Waals surface area contributed by atoms with Crippen molar-refractivity contribution < 1.29 is 24.5 Å². The second-order valence-electron chi connectivity index (χ2n) is 12.2. The molecule has 6 rings (SSSR count). The number of para-hydroxylation sites is 2. The molecule has 3 heterocycles. The second kappa shape index (κ2) is 13.2. The SMILES string of the molecule is CN(CCO)C(=O)c1cn2c(n1)sc1cc(Oc3ccccc3CNC(=O)Nc3cc(C(C)(C)C)nn3-c3cccc(Cl)c3O)ccc12. The summed E-state index contributed by atoms with van der Waals surface area (Å²) < 4.78 is 10.5. The third-order valence-electron chi connectivity index (χ3n) is 7.62. The standard InChI is InChI=1S/C34H34ClN7O5S/c1-34(2,3)28-17-29(42(39-28)25-10-7-9-22(35)30(25)44)38-32(46)36-18-20-8-5-6-11-26(20)47-21-12-13-24-27(16-21)48-33-37-23(19-41(24)33)31(45)40(4)14-15-43/h5-13,16-17,19,43-44H,14-15,18H2,1-4H3,(H2,36,38,46). The number of aromatic hydroxyl groups is 1. The topological polar surface area (TPSA) is 146 Å². The average Bonchev–Trinajstić information content (AvgIpc) is 3.75. The van der Waals surface area contributed by atoms with Gasteiger partial charge in [0.05, 0.1) is 27.5 Å². The van der Waals surface area contributed by atoms with Crippen LogP contribution in [0, 0.1) is 0 Å². The maximum absolute atomic E-state index is 13.2. The number of nitrogens with one attached hydrogen (secondary N) is 2. The first-order chi connectivity index (χ1) is 22.9. The molecule has 0 aliphatic carbocycles. The number of hydrogen-bond donors (Lipinski definition) is 4. The van der Waals surface area contributed by atoms with Gasteiger partial charge in [-0.2, -0.15) is 5.10 Å². The Labute approximate surface area is 285 Å². The Bertz CT molecular complexity index is 2150. The van der Waals surface area contributed by atoms with Crippen LogP contribution in [0.15, 0.2) is 72.9 Å². The summed E-state index contributed by atoms with van der Waals surface area (Å²) in [5.41, 5.74) is 2.67. The summed E-state index contributed by atoms with van der Waals surface area (Å²) in [5.74, 6) is 1.13. The lowest BCUT2D eigenvalue weighted by atomic mass is 9.92. The van der Waals surface area contributed by atoms with Gasteiger partial charge in [0.25, 0.3) is 5.91 Å². The Morgan fingerprint density at radius 1 is 1.08 bits per heavy atom. The summed E-state index contributed by atoms with van der Waals surface area (Å²) >= 11 is 7.59. The molecular weight excluding hydrogens is 654 g/mol. The van der Waals surface area contributed by atoms with Gasteiger partial charge in [-0.1, -0.05) is 68.0 Å². The number of aliphatic hydroxyl groups is 1. The molecule has 0 saturated carbocycles. The summed E-state index contributed by atoms with van der Waals surface area (Å²) in [6.45, 7) is 6.29. The summed E-state index contributed by atoms with van der Waals surface area (Å²) in [4.78, 5) is 32.4. The highest BCUT2D eigenvalue weighted by Gasteiger charge is 2.23. The number of carbonyl (C=O) groups excluding carboxylic acids is 2. The second-order valence-corrected chi connectivity index (χ2v) is 13.6. The largest absolute Gasteiger partial charge is 0.504 e. The number of urea groups is 1. The van der Waals surface area contributed by atoms with Crippen molar-refractivity contribution in [1.29, 1.82) is 0 Å². The molecule has 248 valence electrons. The maximum atomic E-state index is 13.2. The molecule has 14 heteroatoms. The number of fused-ring (bicyclic) bond motifs is 3. The number of hydrogen-bond acceptors (Lipinski definition) is 8. The highest BCUT2D eigenvalue weighted by atomic mass is 35.5. The molecular formula is C34H34ClN7O5S. The minimum Gasteiger partial charge on any atom is -0.504 e. The van der Waals surface area contributed by atoms with Crippen LogP contribution >= 0.6 is 22.9 Å². The molecule has 0 aliphatic rings. The van der Waals surface area contributed by atoms with Crippen molar-refractivity contribution in [2.75, 3.05) is 25.5 Å². The number of halogens is 1. The molecule has 0 aliphatic heterocycles. The Morgan fingerprint density at radius 2 is 1.88 bits per heavy atom. The molecule has 4 N–H and O–H groups in total. The van der Waals surface area contributed by atoms with Gasteiger partial charge in [0.15, 0.2) is 10.7 Å². The van der Waals surface area contributed by atoms with Crippen LogP contribution in [-0.4, -0.2) is 66.4 Å². The van der Waals surface area contributed by atoms with Crippen molar-refractivity contribution in [3.05, 3.63) is 94.9 Å². The molecule has 48 heavy (non-hydrogen) atoms. The lowest BCUT2D eigenvalue weighted by Crippen LogP contribution is -2.29. The van der Waals surface area contributed by atoms with Crippen molar-refractivity contribution >= 4 is 55.9 Å². The number of imidazole rings is 1. The van der Waals surface area contributed by atoms with Crippen LogP contribution in [0.25, 0.3) is 20.9 Å². The number of anilines is 1. The van der Waals surface area contributed by atoms with Crippen LogP contribution in [0.3, 0.4) is 0 Å². The van der Waals surface area contributed by atoms with Crippen LogP contribution in [0.4, 0.5) is 10.6 Å². The number of carbonyl (C=O) groups is 2. The molecule has 3 amide bonds. The number of phenols is 1. The Kier molecular flexibility index (Phi) is 9.01. The fraction of sp³-hybridized carbons (Fsp3) is 0.235. The van der Waals surface area contributed by atoms with Gasteiger partial charge in [0.1, 0.15) is 28.7 Å². The zero-order chi connectivity index (χ0) is 34.2. The molecule has 0 bridgehead atoms. The van der Waals surface area contributed by atoms with E-state index in [1.54, 1.807) is 37.5 Å². The monoisotopic (exact) mass is 687 g/mol. The van der Waals surface area contributed by atoms with E-state index < -0.39 is 6.03 Å². The molecule has 0 spiro atoms. The smallest absolute Gasteiger partial charge is 0.320 e. The van der Waals surface area contributed by atoms with E-state index >= 15 is 0 Å². The number of likely N-dealkylation sites (N-methyl/N-ethyl adjacent to an activating group) is 1. The van der Waals surface area contributed by atoms with E-state index in [-0.39, 0.29) is 41.8 Å². The van der Waals surface area contributed by atoms with Crippen LogP contribution in [0.1, 0.15) is 42.5 Å². The number of nitrogens with zero attached hydrogens (tertiary/aromatic N) is 5. The first-order valence-corrected chi connectivity index (χ1v) is 16.3. The first kappa shape index (κ1) is 32.8. The van der Waals surface area contributed by atoms with Crippen molar-refractivity contribution in [3.8, 4) is 22.9 Å². The number of ether oxygens (including phenoxy) is 1. The summed E-state index contributed by atoms with van der Waals surface area (Å²) in [5, 5.41) is 30.3. The van der Waals surface area contributed by atoms with E-state index in [0.717, 1.165) is 15.8 Å². The quantitative estimate of drug-likeness (QED) is 0.134. The summed E-state index contributed by atoms with van der Waals surface area (Å²) in [6.07, 6.45) is 1.70. The van der Waals surface area contributed by atoms with Crippen LogP contribution in [0.5, 0.6) is 17.2 Å². The third-order valence-corrected chi connectivity index (χ3v) is 8.94. The minimum absolute atomic E-state index is 0.121. The van der Waals surface area contributed by atoms with Gasteiger partial charge in [0, 0.05) is 49.4 Å². The van der Waals surface area contributed by atoms with Crippen LogP contribution in [0.2, 0.25) is 5.02 Å². The highest BCUT2D eigenvalue weighted by molar-refractivity contribution is 7.23. The average molecular weight is 688 g/mol. The van der Waals surface area contributed by atoms with Gasteiger partial charge < -0.3 is 25.2 Å². The normalized spacial score (nSPS) is 11.6.